The summed E-state index contributed by atoms with van der Waals surface area (Å²) < 4.78 is 40.6. The van der Waals surface area contributed by atoms with E-state index in [2.05, 4.69) is 5.32 Å². The summed E-state index contributed by atoms with van der Waals surface area (Å²) in [5.74, 6) is -1.00. The molecular formula is C20H20FN3O3S. The Balaban J connectivity index is 1.66. The summed E-state index contributed by atoms with van der Waals surface area (Å²) in [5, 5.41) is 11.9. The molecule has 0 unspecified atom stereocenters. The molecular weight excluding hydrogens is 381 g/mol. The Morgan fingerprint density at radius 1 is 1.21 bits per heavy atom. The zero-order valence-corrected chi connectivity index (χ0v) is 16.2. The van der Waals surface area contributed by atoms with Crippen LogP contribution >= 0.6 is 0 Å². The van der Waals surface area contributed by atoms with Crippen molar-refractivity contribution in [2.45, 2.75) is 24.7 Å². The minimum atomic E-state index is -3.79. The molecule has 0 radical (unpaired) electrons. The largest absolute Gasteiger partial charge is 0.326 e. The van der Waals surface area contributed by atoms with Crippen LogP contribution < -0.4 is 5.32 Å². The van der Waals surface area contributed by atoms with Crippen LogP contribution in [0.3, 0.4) is 0 Å². The number of benzene rings is 2. The third-order valence-corrected chi connectivity index (χ3v) is 6.85. The van der Waals surface area contributed by atoms with Crippen LogP contribution in [-0.4, -0.2) is 31.7 Å². The van der Waals surface area contributed by atoms with Gasteiger partial charge in [0, 0.05) is 24.7 Å². The highest BCUT2D eigenvalue weighted by Gasteiger charge is 2.33. The molecule has 3 rings (SSSR count). The van der Waals surface area contributed by atoms with Crippen LogP contribution in [0.5, 0.6) is 0 Å². The van der Waals surface area contributed by atoms with Gasteiger partial charge in [0.1, 0.15) is 11.9 Å². The van der Waals surface area contributed by atoms with Gasteiger partial charge in [0.15, 0.2) is 0 Å². The summed E-state index contributed by atoms with van der Waals surface area (Å²) in [5.41, 5.74) is 0.976. The van der Waals surface area contributed by atoms with Crippen molar-refractivity contribution in [3.8, 4) is 6.07 Å². The number of anilines is 1. The highest BCUT2D eigenvalue weighted by Crippen LogP contribution is 2.26. The van der Waals surface area contributed by atoms with E-state index in [-0.39, 0.29) is 35.4 Å². The summed E-state index contributed by atoms with van der Waals surface area (Å²) in [4.78, 5) is 12.4. The molecule has 1 amide bonds. The van der Waals surface area contributed by atoms with Crippen molar-refractivity contribution in [3.63, 3.8) is 0 Å². The standard InChI is InChI=1S/C20H20FN3O3S/c1-14-6-7-17(12-18(14)21)23-20(25)15-8-10-24(11-9-15)28(26,27)19-5-3-2-4-16(19)13-22/h2-7,12,15H,8-11H2,1H3,(H,23,25). The third kappa shape index (κ3) is 4.06. The van der Waals surface area contributed by atoms with Crippen molar-refractivity contribution >= 4 is 21.6 Å². The first-order valence-electron chi connectivity index (χ1n) is 8.89. The number of hydrogen-bond donors (Lipinski definition) is 1. The van der Waals surface area contributed by atoms with Crippen molar-refractivity contribution < 1.29 is 17.6 Å². The van der Waals surface area contributed by atoms with Crippen molar-refractivity contribution in [1.82, 2.24) is 4.31 Å². The van der Waals surface area contributed by atoms with Crippen LogP contribution in [0.25, 0.3) is 0 Å². The SMILES string of the molecule is Cc1ccc(NC(=O)C2CCN(S(=O)(=O)c3ccccc3C#N)CC2)cc1F. The Hall–Kier alpha value is -2.76. The lowest BCUT2D eigenvalue weighted by molar-refractivity contribution is -0.120. The third-order valence-electron chi connectivity index (χ3n) is 4.89. The van der Waals surface area contributed by atoms with Gasteiger partial charge in [-0.15, -0.1) is 0 Å². The number of carbonyl (C=O) groups excluding carboxylic acids is 1. The van der Waals surface area contributed by atoms with Crippen molar-refractivity contribution in [1.29, 1.82) is 5.26 Å². The fraction of sp³-hybridized carbons (Fsp3) is 0.300. The number of halogens is 1. The van der Waals surface area contributed by atoms with E-state index < -0.39 is 15.8 Å². The van der Waals surface area contributed by atoms with Crippen LogP contribution in [0.1, 0.15) is 24.0 Å². The second kappa shape index (κ2) is 8.09. The highest BCUT2D eigenvalue weighted by atomic mass is 32.2. The van der Waals surface area contributed by atoms with Crippen LogP contribution in [-0.2, 0) is 14.8 Å². The minimum Gasteiger partial charge on any atom is -0.326 e. The molecule has 0 saturated carbocycles. The lowest BCUT2D eigenvalue weighted by Gasteiger charge is -2.30. The van der Waals surface area contributed by atoms with Crippen LogP contribution in [0.4, 0.5) is 10.1 Å². The van der Waals surface area contributed by atoms with Crippen molar-refractivity contribution in [3.05, 3.63) is 59.4 Å². The maximum atomic E-state index is 13.6. The number of carbonyl (C=O) groups is 1. The number of nitrogens with one attached hydrogen (secondary N) is 1. The van der Waals surface area contributed by atoms with Gasteiger partial charge >= 0.3 is 0 Å². The first kappa shape index (κ1) is 20.0. The molecule has 8 heteroatoms. The van der Waals surface area contributed by atoms with E-state index in [1.807, 2.05) is 6.07 Å². The normalized spacial score (nSPS) is 15.8. The molecule has 1 aliphatic heterocycles. The topological polar surface area (TPSA) is 90.3 Å². The average Bonchev–Trinajstić information content (AvgIpc) is 2.70. The highest BCUT2D eigenvalue weighted by molar-refractivity contribution is 7.89. The molecule has 0 spiro atoms. The Morgan fingerprint density at radius 2 is 1.89 bits per heavy atom. The number of rotatable bonds is 4. The van der Waals surface area contributed by atoms with E-state index in [1.54, 1.807) is 31.2 Å². The van der Waals surface area contributed by atoms with E-state index in [0.717, 1.165) is 0 Å². The molecule has 146 valence electrons. The maximum absolute atomic E-state index is 13.6. The Labute approximate surface area is 163 Å². The van der Waals surface area contributed by atoms with E-state index in [0.29, 0.717) is 24.1 Å². The van der Waals surface area contributed by atoms with E-state index in [4.69, 9.17) is 5.26 Å². The molecule has 0 aromatic heterocycles. The van der Waals surface area contributed by atoms with Gasteiger partial charge in [-0.3, -0.25) is 4.79 Å². The second-order valence-electron chi connectivity index (χ2n) is 6.74. The van der Waals surface area contributed by atoms with Crippen LogP contribution in [0.2, 0.25) is 0 Å². The van der Waals surface area contributed by atoms with Crippen LogP contribution in [0.15, 0.2) is 47.4 Å². The molecule has 1 fully saturated rings. The summed E-state index contributed by atoms with van der Waals surface area (Å²) in [6.07, 6.45) is 0.711. The smallest absolute Gasteiger partial charge is 0.244 e. The minimum absolute atomic E-state index is 0.0180. The zero-order chi connectivity index (χ0) is 20.3. The molecule has 2 aromatic carbocycles. The summed E-state index contributed by atoms with van der Waals surface area (Å²) in [6.45, 7) is 2.01. The second-order valence-corrected chi connectivity index (χ2v) is 8.65. The number of amides is 1. The fourth-order valence-electron chi connectivity index (χ4n) is 3.20. The monoisotopic (exact) mass is 401 g/mol. The average molecular weight is 401 g/mol. The zero-order valence-electron chi connectivity index (χ0n) is 15.4. The van der Waals surface area contributed by atoms with Gasteiger partial charge < -0.3 is 5.32 Å². The quantitative estimate of drug-likeness (QED) is 0.853. The van der Waals surface area contributed by atoms with Gasteiger partial charge in [-0.2, -0.15) is 9.57 Å². The molecule has 0 atom stereocenters. The summed E-state index contributed by atoms with van der Waals surface area (Å²) in [6, 6.07) is 12.5. The molecule has 2 aromatic rings. The lowest BCUT2D eigenvalue weighted by atomic mass is 9.97. The van der Waals surface area contributed by atoms with E-state index in [9.17, 15) is 17.6 Å². The van der Waals surface area contributed by atoms with Crippen molar-refractivity contribution in [2.75, 3.05) is 18.4 Å². The van der Waals surface area contributed by atoms with Gasteiger partial charge in [-0.05, 0) is 49.6 Å². The van der Waals surface area contributed by atoms with E-state index in [1.165, 1.54) is 22.5 Å². The predicted octanol–water partition coefficient (Wildman–Crippen LogP) is 3.05. The Kier molecular flexibility index (Phi) is 5.77. The molecule has 1 aliphatic rings. The van der Waals surface area contributed by atoms with Gasteiger partial charge in [0.25, 0.3) is 0 Å². The lowest BCUT2D eigenvalue weighted by Crippen LogP contribution is -2.41. The van der Waals surface area contributed by atoms with E-state index >= 15 is 0 Å². The number of aryl methyl sites for hydroxylation is 1. The van der Waals surface area contributed by atoms with Gasteiger partial charge in [0.2, 0.25) is 15.9 Å². The molecule has 0 bridgehead atoms. The first-order chi connectivity index (χ1) is 13.3. The van der Waals surface area contributed by atoms with Crippen LogP contribution in [0, 0.1) is 30.0 Å². The van der Waals surface area contributed by atoms with Gasteiger partial charge in [0.05, 0.1) is 10.5 Å². The number of sulfonamides is 1. The Bertz CT molecular complexity index is 1040. The Morgan fingerprint density at radius 3 is 2.54 bits per heavy atom. The number of nitriles is 1. The fourth-order valence-corrected chi connectivity index (χ4v) is 4.81. The molecule has 0 aliphatic carbocycles. The van der Waals surface area contributed by atoms with Crippen molar-refractivity contribution in [2.24, 2.45) is 5.92 Å². The number of hydrogen-bond acceptors (Lipinski definition) is 4. The maximum Gasteiger partial charge on any atom is 0.244 e. The number of piperidine rings is 1. The first-order valence-corrected chi connectivity index (χ1v) is 10.3. The van der Waals surface area contributed by atoms with Gasteiger partial charge in [-0.25, -0.2) is 12.8 Å². The molecule has 6 nitrogen and oxygen atoms in total. The predicted molar refractivity (Wildman–Crippen MR) is 102 cm³/mol. The molecule has 1 saturated heterocycles. The molecule has 28 heavy (non-hydrogen) atoms. The van der Waals surface area contributed by atoms with Gasteiger partial charge in [-0.1, -0.05) is 18.2 Å². The number of nitrogens with zero attached hydrogens (tertiary/aromatic N) is 2. The molecule has 1 heterocycles. The summed E-state index contributed by atoms with van der Waals surface area (Å²) >= 11 is 0. The molecule has 1 N–H and O–H groups in total. The summed E-state index contributed by atoms with van der Waals surface area (Å²) in [7, 11) is -3.79.